The van der Waals surface area contributed by atoms with Gasteiger partial charge in [0.15, 0.2) is 0 Å². The van der Waals surface area contributed by atoms with Gasteiger partial charge in [-0.3, -0.25) is 4.90 Å². The number of nitrogens with two attached hydrogens (primary N) is 1. The van der Waals surface area contributed by atoms with Gasteiger partial charge in [0, 0.05) is 12.2 Å². The van der Waals surface area contributed by atoms with Gasteiger partial charge in [0.05, 0.1) is 0 Å². The minimum Gasteiger partial charge on any atom is -0.398 e. The Labute approximate surface area is 118 Å². The summed E-state index contributed by atoms with van der Waals surface area (Å²) in [4.78, 5) is 2.57. The molecule has 2 rings (SSSR count). The van der Waals surface area contributed by atoms with Gasteiger partial charge in [-0.25, -0.2) is 0 Å². The summed E-state index contributed by atoms with van der Waals surface area (Å²) in [5.74, 6) is 0.852. The highest BCUT2D eigenvalue weighted by atomic mass is 15.1. The summed E-state index contributed by atoms with van der Waals surface area (Å²) in [7, 11) is 0. The van der Waals surface area contributed by atoms with Crippen LogP contribution in [0.15, 0.2) is 24.3 Å². The van der Waals surface area contributed by atoms with Crippen molar-refractivity contribution in [3.8, 4) is 0 Å². The third kappa shape index (κ3) is 3.97. The van der Waals surface area contributed by atoms with E-state index in [1.54, 1.807) is 0 Å². The molecule has 1 aromatic rings. The third-order valence-electron chi connectivity index (χ3n) is 4.49. The molecule has 1 saturated heterocycles. The van der Waals surface area contributed by atoms with Crippen molar-refractivity contribution in [2.45, 2.75) is 46.6 Å². The zero-order valence-corrected chi connectivity index (χ0v) is 12.7. The van der Waals surface area contributed by atoms with Crippen molar-refractivity contribution in [3.63, 3.8) is 0 Å². The number of hydrogen-bond acceptors (Lipinski definition) is 2. The summed E-state index contributed by atoms with van der Waals surface area (Å²) < 4.78 is 0. The van der Waals surface area contributed by atoms with E-state index in [-0.39, 0.29) is 0 Å². The molecule has 0 aliphatic carbocycles. The van der Waals surface area contributed by atoms with Crippen LogP contribution >= 0.6 is 0 Å². The van der Waals surface area contributed by atoms with Gasteiger partial charge in [0.2, 0.25) is 0 Å². The summed E-state index contributed by atoms with van der Waals surface area (Å²) in [6.07, 6.45) is 4.00. The van der Waals surface area contributed by atoms with Crippen LogP contribution in [0.3, 0.4) is 0 Å². The molecule has 0 bridgehead atoms. The lowest BCUT2D eigenvalue weighted by Gasteiger charge is -2.29. The topological polar surface area (TPSA) is 29.3 Å². The summed E-state index contributed by atoms with van der Waals surface area (Å²) >= 11 is 0. The van der Waals surface area contributed by atoms with Crippen molar-refractivity contribution in [1.29, 1.82) is 0 Å². The first-order chi connectivity index (χ1) is 8.97. The number of benzene rings is 1. The average molecular weight is 260 g/mol. The third-order valence-corrected chi connectivity index (χ3v) is 4.49. The molecule has 1 heterocycles. The van der Waals surface area contributed by atoms with Crippen molar-refractivity contribution >= 4 is 5.69 Å². The van der Waals surface area contributed by atoms with E-state index >= 15 is 0 Å². The van der Waals surface area contributed by atoms with Gasteiger partial charge in [0.25, 0.3) is 0 Å². The van der Waals surface area contributed by atoms with Gasteiger partial charge < -0.3 is 5.73 Å². The molecule has 1 atom stereocenters. The Hall–Kier alpha value is -1.02. The molecule has 0 saturated carbocycles. The van der Waals surface area contributed by atoms with Gasteiger partial charge in [-0.1, -0.05) is 39.0 Å². The monoisotopic (exact) mass is 260 g/mol. The van der Waals surface area contributed by atoms with Crippen molar-refractivity contribution in [2.24, 2.45) is 11.3 Å². The molecule has 19 heavy (non-hydrogen) atoms. The van der Waals surface area contributed by atoms with Crippen LogP contribution < -0.4 is 5.73 Å². The number of hydrogen-bond donors (Lipinski definition) is 1. The zero-order valence-electron chi connectivity index (χ0n) is 12.7. The lowest BCUT2D eigenvalue weighted by Crippen LogP contribution is -2.26. The van der Waals surface area contributed by atoms with E-state index < -0.39 is 0 Å². The van der Waals surface area contributed by atoms with E-state index in [1.807, 2.05) is 12.1 Å². The van der Waals surface area contributed by atoms with Crippen molar-refractivity contribution in [3.05, 3.63) is 29.8 Å². The first kappa shape index (κ1) is 14.4. The number of anilines is 1. The molecule has 2 N–H and O–H groups in total. The number of likely N-dealkylation sites (tertiary alicyclic amines) is 1. The average Bonchev–Trinajstić information content (AvgIpc) is 2.57. The fourth-order valence-corrected chi connectivity index (χ4v) is 3.10. The van der Waals surface area contributed by atoms with Crippen LogP contribution in [0, 0.1) is 11.3 Å². The van der Waals surface area contributed by atoms with Crippen LogP contribution in [-0.2, 0) is 6.54 Å². The van der Waals surface area contributed by atoms with E-state index in [2.05, 4.69) is 37.8 Å². The molecule has 1 aliphatic heterocycles. The molecule has 0 spiro atoms. The van der Waals surface area contributed by atoms with E-state index in [1.165, 1.54) is 37.9 Å². The molecule has 1 aliphatic rings. The molecule has 1 fully saturated rings. The Balaban J connectivity index is 1.95. The molecule has 106 valence electrons. The van der Waals surface area contributed by atoms with Gasteiger partial charge in [-0.15, -0.1) is 0 Å². The Bertz CT molecular complexity index is 406. The quantitative estimate of drug-likeness (QED) is 0.817. The van der Waals surface area contributed by atoms with E-state index in [0.29, 0.717) is 5.41 Å². The standard InChI is InChI=1S/C17H28N2/c1-17(2,3)15-8-6-11-19(12-10-15)13-14-7-4-5-9-16(14)18/h4-5,7,9,15H,6,8,10-13,18H2,1-3H3. The predicted octanol–water partition coefficient (Wildman–Crippen LogP) is 3.92. The van der Waals surface area contributed by atoms with Crippen molar-refractivity contribution in [2.75, 3.05) is 18.8 Å². The minimum atomic E-state index is 0.446. The Morgan fingerprint density at radius 2 is 1.89 bits per heavy atom. The highest BCUT2D eigenvalue weighted by molar-refractivity contribution is 5.46. The van der Waals surface area contributed by atoms with Crippen molar-refractivity contribution in [1.82, 2.24) is 4.90 Å². The number of rotatable bonds is 2. The predicted molar refractivity (Wildman–Crippen MR) is 82.9 cm³/mol. The van der Waals surface area contributed by atoms with Gasteiger partial charge >= 0.3 is 0 Å². The van der Waals surface area contributed by atoms with E-state index in [0.717, 1.165) is 18.2 Å². The first-order valence-corrected chi connectivity index (χ1v) is 7.52. The first-order valence-electron chi connectivity index (χ1n) is 7.52. The second-order valence-corrected chi connectivity index (χ2v) is 6.97. The normalized spacial score (nSPS) is 22.2. The summed E-state index contributed by atoms with van der Waals surface area (Å²) in [5, 5.41) is 0. The maximum atomic E-state index is 6.05. The number of para-hydroxylation sites is 1. The molecule has 1 aromatic carbocycles. The second kappa shape index (κ2) is 5.96. The van der Waals surface area contributed by atoms with E-state index in [4.69, 9.17) is 5.73 Å². The molecule has 0 radical (unpaired) electrons. The number of nitrogens with zero attached hydrogens (tertiary/aromatic N) is 1. The lowest BCUT2D eigenvalue weighted by atomic mass is 9.77. The summed E-state index contributed by atoms with van der Waals surface area (Å²) in [6.45, 7) is 10.5. The van der Waals surface area contributed by atoms with Crippen LogP contribution in [0.5, 0.6) is 0 Å². The smallest absolute Gasteiger partial charge is 0.0359 e. The molecule has 0 amide bonds. The zero-order chi connectivity index (χ0) is 13.9. The van der Waals surface area contributed by atoms with Crippen LogP contribution in [0.25, 0.3) is 0 Å². The summed E-state index contributed by atoms with van der Waals surface area (Å²) in [5.41, 5.74) is 8.70. The van der Waals surface area contributed by atoms with Gasteiger partial charge in [-0.2, -0.15) is 0 Å². The lowest BCUT2D eigenvalue weighted by molar-refractivity contribution is 0.206. The SMILES string of the molecule is CC(C)(C)C1CCCN(Cc2ccccc2N)CC1. The molecule has 2 heteroatoms. The van der Waals surface area contributed by atoms with Gasteiger partial charge in [-0.05, 0) is 55.3 Å². The maximum absolute atomic E-state index is 6.05. The molecular weight excluding hydrogens is 232 g/mol. The minimum absolute atomic E-state index is 0.446. The molecular formula is C17H28N2. The van der Waals surface area contributed by atoms with Crippen LogP contribution in [0.1, 0.15) is 45.6 Å². The molecule has 0 aromatic heterocycles. The van der Waals surface area contributed by atoms with Crippen LogP contribution in [0.2, 0.25) is 0 Å². The highest BCUT2D eigenvalue weighted by Gasteiger charge is 2.27. The Kier molecular flexibility index (Phi) is 4.51. The Morgan fingerprint density at radius 3 is 2.58 bits per heavy atom. The molecule has 1 unspecified atom stereocenters. The fourth-order valence-electron chi connectivity index (χ4n) is 3.10. The van der Waals surface area contributed by atoms with E-state index in [9.17, 15) is 0 Å². The Morgan fingerprint density at radius 1 is 1.16 bits per heavy atom. The summed E-state index contributed by atoms with van der Waals surface area (Å²) in [6, 6.07) is 8.25. The van der Waals surface area contributed by atoms with Crippen LogP contribution in [0.4, 0.5) is 5.69 Å². The number of nitrogen functional groups attached to an aromatic ring is 1. The second-order valence-electron chi connectivity index (χ2n) is 6.97. The maximum Gasteiger partial charge on any atom is 0.0359 e. The largest absolute Gasteiger partial charge is 0.398 e. The van der Waals surface area contributed by atoms with Crippen molar-refractivity contribution < 1.29 is 0 Å². The van der Waals surface area contributed by atoms with Gasteiger partial charge in [0.1, 0.15) is 0 Å². The highest BCUT2D eigenvalue weighted by Crippen LogP contribution is 2.34. The molecule has 2 nitrogen and oxygen atoms in total. The van der Waals surface area contributed by atoms with Crippen LogP contribution in [-0.4, -0.2) is 18.0 Å². The fraction of sp³-hybridized carbons (Fsp3) is 0.647.